The molecule has 3 N–H and O–H groups in total. The lowest BCUT2D eigenvalue weighted by molar-refractivity contribution is -0.137. The second-order valence-corrected chi connectivity index (χ2v) is 31.3. The van der Waals surface area contributed by atoms with E-state index >= 15 is 0 Å². The Bertz CT molecular complexity index is 5820. The third kappa shape index (κ3) is 14.9. The first-order chi connectivity index (χ1) is 55.3. The van der Waals surface area contributed by atoms with Crippen molar-refractivity contribution in [2.45, 2.75) is 166 Å². The Balaban J connectivity index is 0.000000131. The maximum Gasteiger partial charge on any atom is 0.418 e. The lowest BCUT2D eigenvalue weighted by Crippen LogP contribution is -2.43. The summed E-state index contributed by atoms with van der Waals surface area (Å²) in [4.78, 5) is 71.6. The molecule has 0 bridgehead atoms. The van der Waals surface area contributed by atoms with Gasteiger partial charge in [-0.2, -0.15) is 28.5 Å². The van der Waals surface area contributed by atoms with Gasteiger partial charge in [0.1, 0.15) is 17.5 Å². The van der Waals surface area contributed by atoms with Crippen molar-refractivity contribution in [3.05, 3.63) is 161 Å². The number of aromatic nitrogens is 15. The van der Waals surface area contributed by atoms with Gasteiger partial charge in [-0.05, 0) is 87.1 Å². The molecule has 116 heavy (non-hydrogen) atoms. The quantitative estimate of drug-likeness (QED) is 0.114. The Kier molecular flexibility index (Phi) is 20.4. The number of nitrogens with zero attached hydrogens (tertiary/aromatic N) is 18. The normalized spacial score (nSPS) is 17.4. The molecule has 24 nitrogen and oxygen atoms in total. The SMILES string of the molecule is CNC(=O)N1CCn2c(C3CC(F)(F)C3)nc(-c3c(C)ccc4cc(-c5cn(C)nc5C)ncc34)c2C1.CNC(=O)N1CCn2c(C3CCC(F)(F)CC3)nc(-c3cccc4cc(-c5cn(C)nc5C)ncc34)c2C1.CNC(=O)N1CCn2c(C3CCC(F)(F)CC3)nc(-c3cccc4nc(-c5cnn(C)c5)c(C(F)(F)F)cc34)c2C1. The number of hydrogen-bond donors (Lipinski definition) is 3. The molecule has 6 aliphatic rings. The summed E-state index contributed by atoms with van der Waals surface area (Å²) in [5.41, 5.74) is 12.7. The first kappa shape index (κ1) is 78.2. The standard InChI is InChI=1S/C28H28F5N7O.C28H31F2N7O.C27H29F2N7O/c1-34-26(41)39-10-11-40-22(15-39)24(37-25(40)16-6-8-27(29,30)9-7-16)18-4-3-5-21-19(18)12-20(28(31,32)33)23(36-21)17-13-35-38(2)14-17;1-17-22(15-35(3)34-17)23-13-19-5-4-6-20(21(19)14-32-23)25-24-16-36(27(38)31-2)11-12-37(24)26(33-25)18-7-9-28(29,30)10-8-18;1-15-5-6-17-9-21(20-13-34(4)33-16(20)2)31-12-19(17)23(15)24-22-14-35(26(37)30-3)7-8-36(22)25(32-24)18-10-27(28,29)11-18/h3-5,12-14,16H,6-11,15H2,1-2H3,(H,34,41);4-6,13-15,18H,7-12,16H2,1-3H3,(H,31,38);5-6,9,12-13,18H,7-8,10-11,14H2,1-4H3,(H,30,37). The van der Waals surface area contributed by atoms with Crippen molar-refractivity contribution < 1.29 is 53.9 Å². The van der Waals surface area contributed by atoms with Crippen molar-refractivity contribution in [2.24, 2.45) is 21.1 Å². The molecule has 9 aromatic heterocycles. The van der Waals surface area contributed by atoms with Crippen LogP contribution in [0.5, 0.6) is 0 Å². The second-order valence-electron chi connectivity index (χ2n) is 31.3. The lowest BCUT2D eigenvalue weighted by Gasteiger charge is -2.36. The van der Waals surface area contributed by atoms with Crippen LogP contribution in [-0.4, -0.2) is 164 Å². The predicted molar refractivity (Wildman–Crippen MR) is 419 cm³/mol. The molecule has 0 unspecified atom stereocenters. The molecule has 0 radical (unpaired) electrons. The summed E-state index contributed by atoms with van der Waals surface area (Å²) in [6, 6.07) is 19.9. The summed E-state index contributed by atoms with van der Waals surface area (Å²) in [5.74, 6) is -6.30. The van der Waals surface area contributed by atoms with Crippen LogP contribution in [0.4, 0.5) is 53.9 Å². The van der Waals surface area contributed by atoms with Crippen LogP contribution in [0.3, 0.4) is 0 Å². The van der Waals surface area contributed by atoms with Gasteiger partial charge < -0.3 is 44.4 Å². The van der Waals surface area contributed by atoms with E-state index in [0.717, 1.165) is 107 Å². The lowest BCUT2D eigenvalue weighted by atomic mass is 9.80. The van der Waals surface area contributed by atoms with Gasteiger partial charge in [-0.1, -0.05) is 42.5 Å². The number of carbonyl (C=O) groups excluding carboxylic acids is 3. The number of alkyl halides is 9. The van der Waals surface area contributed by atoms with E-state index in [0.29, 0.717) is 99.3 Å². The second kappa shape index (κ2) is 30.2. The van der Waals surface area contributed by atoms with Gasteiger partial charge in [0.05, 0.1) is 99.5 Å². The zero-order valence-corrected chi connectivity index (χ0v) is 65.7. The number of nitrogens with one attached hydrogen (secondary N) is 3. The van der Waals surface area contributed by atoms with E-state index in [1.54, 1.807) is 63.4 Å². The van der Waals surface area contributed by atoms with E-state index in [1.807, 2.05) is 76.4 Å². The van der Waals surface area contributed by atoms with Gasteiger partial charge in [0, 0.05) is 218 Å². The zero-order valence-electron chi connectivity index (χ0n) is 65.7. The number of imidazole rings is 3. The van der Waals surface area contributed by atoms with E-state index in [1.165, 1.54) is 24.1 Å². The van der Waals surface area contributed by atoms with Gasteiger partial charge in [-0.3, -0.25) is 24.0 Å². The van der Waals surface area contributed by atoms with Crippen LogP contribution in [-0.2, 0) is 66.6 Å². The van der Waals surface area contributed by atoms with Crippen LogP contribution in [0.25, 0.3) is 100.0 Å². The summed E-state index contributed by atoms with van der Waals surface area (Å²) in [6.45, 7) is 9.85. The van der Waals surface area contributed by atoms with Crippen LogP contribution >= 0.6 is 0 Å². The molecule has 3 aliphatic carbocycles. The molecule has 3 aliphatic heterocycles. The van der Waals surface area contributed by atoms with Gasteiger partial charge >= 0.3 is 24.3 Å². The minimum absolute atomic E-state index is 0.0260. The van der Waals surface area contributed by atoms with Crippen molar-refractivity contribution >= 4 is 50.5 Å². The van der Waals surface area contributed by atoms with Gasteiger partial charge in [-0.25, -0.2) is 60.7 Å². The Morgan fingerprint density at radius 2 is 0.914 bits per heavy atom. The zero-order chi connectivity index (χ0) is 81.8. The summed E-state index contributed by atoms with van der Waals surface area (Å²) in [6.07, 6.45) is 6.01. The Morgan fingerprint density at radius 1 is 0.466 bits per heavy atom. The van der Waals surface area contributed by atoms with Crippen molar-refractivity contribution in [3.8, 4) is 67.5 Å². The molecule has 12 heterocycles. The number of fused-ring (bicyclic) bond motifs is 6. The number of rotatable bonds is 9. The monoisotopic (exact) mass is 1600 g/mol. The summed E-state index contributed by atoms with van der Waals surface area (Å²) >= 11 is 0. The van der Waals surface area contributed by atoms with Gasteiger partial charge in [0.25, 0.3) is 0 Å². The van der Waals surface area contributed by atoms with Gasteiger partial charge in [0.15, 0.2) is 0 Å². The number of aryl methyl sites for hydroxylation is 6. The number of urea groups is 3. The largest absolute Gasteiger partial charge is 0.418 e. The molecule has 18 rings (SSSR count). The third-order valence-corrected chi connectivity index (χ3v) is 23.6. The average Bonchev–Trinajstić information content (AvgIpc) is 1.56. The first-order valence-electron chi connectivity index (χ1n) is 39.0. The fraction of sp³-hybridized carbons (Fsp3) is 0.422. The van der Waals surface area contributed by atoms with Crippen LogP contribution in [0, 0.1) is 20.8 Å². The van der Waals surface area contributed by atoms with Gasteiger partial charge in [0.2, 0.25) is 17.8 Å². The molecule has 0 spiro atoms. The molecule has 606 valence electrons. The molecule has 3 saturated carbocycles. The fourth-order valence-electron chi connectivity index (χ4n) is 17.6. The molecule has 12 aromatic rings. The number of halogens is 9. The highest BCUT2D eigenvalue weighted by Crippen LogP contribution is 2.51. The van der Waals surface area contributed by atoms with E-state index in [2.05, 4.69) is 75.7 Å². The third-order valence-electron chi connectivity index (χ3n) is 23.6. The van der Waals surface area contributed by atoms with Crippen molar-refractivity contribution in [1.82, 2.24) is 104 Å². The maximum atomic E-state index is 14.4. The number of carbonyl (C=O) groups is 3. The maximum absolute atomic E-state index is 14.4. The molecule has 3 fully saturated rings. The van der Waals surface area contributed by atoms with E-state index in [4.69, 9.17) is 24.9 Å². The van der Waals surface area contributed by atoms with Crippen LogP contribution in [0.15, 0.2) is 104 Å². The molecular formula is C83H88F9N21O3. The van der Waals surface area contributed by atoms with Gasteiger partial charge in [-0.15, -0.1) is 0 Å². The van der Waals surface area contributed by atoms with E-state index < -0.39 is 29.5 Å². The van der Waals surface area contributed by atoms with Crippen molar-refractivity contribution in [2.75, 3.05) is 40.8 Å². The van der Waals surface area contributed by atoms with Crippen LogP contribution in [0.2, 0.25) is 0 Å². The molecule has 33 heteroatoms. The molecule has 6 amide bonds. The predicted octanol–water partition coefficient (Wildman–Crippen LogP) is 16.0. The van der Waals surface area contributed by atoms with Crippen LogP contribution in [0.1, 0.15) is 139 Å². The van der Waals surface area contributed by atoms with Crippen LogP contribution < -0.4 is 16.0 Å². The minimum Gasteiger partial charge on any atom is -0.341 e. The van der Waals surface area contributed by atoms with Crippen molar-refractivity contribution in [3.63, 3.8) is 0 Å². The Morgan fingerprint density at radius 3 is 1.36 bits per heavy atom. The van der Waals surface area contributed by atoms with E-state index in [9.17, 15) is 53.9 Å². The minimum atomic E-state index is -4.69. The highest BCUT2D eigenvalue weighted by Gasteiger charge is 2.49. The number of amides is 6. The Labute approximate surface area is 661 Å². The summed E-state index contributed by atoms with van der Waals surface area (Å²) in [7, 11) is 10.2. The van der Waals surface area contributed by atoms with E-state index in [-0.39, 0.29) is 110 Å². The number of hydrogen-bond acceptors (Lipinski definition) is 12. The molecule has 0 atom stereocenters. The smallest absolute Gasteiger partial charge is 0.341 e. The van der Waals surface area contributed by atoms with Crippen molar-refractivity contribution in [1.29, 1.82) is 0 Å². The molecule has 0 saturated heterocycles. The highest BCUT2D eigenvalue weighted by atomic mass is 19.4. The number of benzene rings is 3. The highest BCUT2D eigenvalue weighted by molar-refractivity contribution is 6.00. The summed E-state index contributed by atoms with van der Waals surface area (Å²) < 4.78 is 138. The topological polar surface area (TPSA) is 243 Å². The number of pyridine rings is 3. The Hall–Kier alpha value is -11.7. The molecule has 3 aromatic carbocycles. The fourth-order valence-corrected chi connectivity index (χ4v) is 17.6. The summed E-state index contributed by atoms with van der Waals surface area (Å²) in [5, 5.41) is 25.1. The average molecular weight is 1600 g/mol. The molecular weight excluding hydrogens is 1510 g/mol. The first-order valence-corrected chi connectivity index (χ1v) is 39.0.